The summed E-state index contributed by atoms with van der Waals surface area (Å²) in [6, 6.07) is 0.439. The molecule has 0 aliphatic heterocycles. The van der Waals surface area contributed by atoms with E-state index in [0.29, 0.717) is 6.04 Å². The van der Waals surface area contributed by atoms with Gasteiger partial charge >= 0.3 is 0 Å². The van der Waals surface area contributed by atoms with Crippen LogP contribution in [0, 0.1) is 0 Å². The van der Waals surface area contributed by atoms with E-state index in [2.05, 4.69) is 18.3 Å². The second kappa shape index (κ2) is 8.19. The van der Waals surface area contributed by atoms with Crippen LogP contribution in [-0.4, -0.2) is 25.3 Å². The van der Waals surface area contributed by atoms with Crippen LogP contribution in [0.15, 0.2) is 11.6 Å². The Bertz CT molecular complexity index is 303. The Labute approximate surface area is 125 Å². The Kier molecular flexibility index (Phi) is 6.57. The van der Waals surface area contributed by atoms with E-state index in [4.69, 9.17) is 4.74 Å². The number of rotatable bonds is 5. The normalized spacial score (nSPS) is 25.4. The zero-order valence-electron chi connectivity index (χ0n) is 13.5. The molecule has 0 radical (unpaired) electrons. The highest BCUT2D eigenvalue weighted by Crippen LogP contribution is 2.37. The van der Waals surface area contributed by atoms with Gasteiger partial charge in [-0.15, -0.1) is 0 Å². The summed E-state index contributed by atoms with van der Waals surface area (Å²) in [7, 11) is 1.94. The van der Waals surface area contributed by atoms with Gasteiger partial charge in [0, 0.05) is 7.11 Å². The molecule has 2 heteroatoms. The van der Waals surface area contributed by atoms with Gasteiger partial charge in [-0.05, 0) is 45.1 Å². The second-order valence-electron chi connectivity index (χ2n) is 6.55. The Morgan fingerprint density at radius 1 is 1.10 bits per heavy atom. The maximum Gasteiger partial charge on any atom is 0.0869 e. The van der Waals surface area contributed by atoms with Crippen LogP contribution in [-0.2, 0) is 4.74 Å². The van der Waals surface area contributed by atoms with Crippen molar-refractivity contribution in [1.29, 1.82) is 0 Å². The number of nitrogens with one attached hydrogen (secondary N) is 1. The van der Waals surface area contributed by atoms with Crippen LogP contribution in [0.4, 0.5) is 0 Å². The zero-order chi connectivity index (χ0) is 14.3. The van der Waals surface area contributed by atoms with E-state index in [0.717, 1.165) is 6.54 Å². The molecule has 1 atom stereocenters. The fourth-order valence-electron chi connectivity index (χ4n) is 4.10. The van der Waals surface area contributed by atoms with E-state index in [1.54, 1.807) is 5.57 Å². The predicted molar refractivity (Wildman–Crippen MR) is 86.1 cm³/mol. The number of hydrogen-bond acceptors (Lipinski definition) is 2. The van der Waals surface area contributed by atoms with Gasteiger partial charge in [-0.1, -0.05) is 50.7 Å². The fourth-order valence-corrected chi connectivity index (χ4v) is 4.10. The monoisotopic (exact) mass is 279 g/mol. The van der Waals surface area contributed by atoms with Crippen LogP contribution >= 0.6 is 0 Å². The van der Waals surface area contributed by atoms with Gasteiger partial charge < -0.3 is 10.1 Å². The lowest BCUT2D eigenvalue weighted by Crippen LogP contribution is -2.53. The molecule has 2 aliphatic rings. The predicted octanol–water partition coefficient (Wildman–Crippen LogP) is 4.59. The third-order valence-corrected chi connectivity index (χ3v) is 5.24. The largest absolute Gasteiger partial charge is 0.376 e. The van der Waals surface area contributed by atoms with Gasteiger partial charge in [0.05, 0.1) is 11.6 Å². The van der Waals surface area contributed by atoms with E-state index in [1.165, 1.54) is 70.6 Å². The van der Waals surface area contributed by atoms with Crippen molar-refractivity contribution in [3.8, 4) is 0 Å². The maximum absolute atomic E-state index is 6.16. The third kappa shape index (κ3) is 3.85. The Balaban J connectivity index is 2.21. The highest BCUT2D eigenvalue weighted by Gasteiger charge is 2.40. The fraction of sp³-hybridized carbons (Fsp3) is 0.889. The van der Waals surface area contributed by atoms with Crippen molar-refractivity contribution in [1.82, 2.24) is 5.32 Å². The molecule has 1 saturated carbocycles. The summed E-state index contributed by atoms with van der Waals surface area (Å²) >= 11 is 0. The number of allylic oxidation sites excluding steroid dienone is 1. The van der Waals surface area contributed by atoms with Gasteiger partial charge in [-0.3, -0.25) is 0 Å². The number of likely N-dealkylation sites (N-methyl/N-ethyl adjacent to an activating group) is 1. The summed E-state index contributed by atoms with van der Waals surface area (Å²) in [5.41, 5.74) is 1.68. The molecule has 0 amide bonds. The molecular weight excluding hydrogens is 246 g/mol. The van der Waals surface area contributed by atoms with E-state index >= 15 is 0 Å². The highest BCUT2D eigenvalue weighted by molar-refractivity contribution is 5.19. The quantitative estimate of drug-likeness (QED) is 0.587. The van der Waals surface area contributed by atoms with Crippen molar-refractivity contribution in [2.45, 2.75) is 89.2 Å². The van der Waals surface area contributed by atoms with Crippen LogP contribution in [0.5, 0.6) is 0 Å². The molecule has 1 unspecified atom stereocenters. The summed E-state index contributed by atoms with van der Waals surface area (Å²) in [6.45, 7) is 3.26. The Morgan fingerprint density at radius 3 is 2.45 bits per heavy atom. The van der Waals surface area contributed by atoms with Crippen molar-refractivity contribution < 1.29 is 4.74 Å². The molecule has 20 heavy (non-hydrogen) atoms. The van der Waals surface area contributed by atoms with Crippen LogP contribution in [0.1, 0.15) is 77.6 Å². The Morgan fingerprint density at radius 2 is 1.80 bits per heavy atom. The molecule has 0 saturated heterocycles. The molecule has 0 aromatic heterocycles. The van der Waals surface area contributed by atoms with Gasteiger partial charge in [0.1, 0.15) is 0 Å². The molecule has 2 nitrogen and oxygen atoms in total. The first-order chi connectivity index (χ1) is 9.82. The number of ether oxygens (including phenoxy) is 1. The average Bonchev–Trinajstić information content (AvgIpc) is 2.88. The van der Waals surface area contributed by atoms with Crippen molar-refractivity contribution in [3.63, 3.8) is 0 Å². The first kappa shape index (κ1) is 16.0. The first-order valence-electron chi connectivity index (χ1n) is 8.80. The molecule has 0 aromatic rings. The summed E-state index contributed by atoms with van der Waals surface area (Å²) in [5, 5.41) is 3.78. The third-order valence-electron chi connectivity index (χ3n) is 5.24. The minimum absolute atomic E-state index is 0.0443. The number of methoxy groups -OCH3 is 1. The van der Waals surface area contributed by atoms with Gasteiger partial charge in [0.25, 0.3) is 0 Å². The smallest absolute Gasteiger partial charge is 0.0869 e. The first-order valence-corrected chi connectivity index (χ1v) is 8.80. The van der Waals surface area contributed by atoms with Crippen molar-refractivity contribution >= 4 is 0 Å². The van der Waals surface area contributed by atoms with Gasteiger partial charge in [-0.2, -0.15) is 0 Å². The van der Waals surface area contributed by atoms with Crippen molar-refractivity contribution in [2.24, 2.45) is 0 Å². The van der Waals surface area contributed by atoms with Crippen LogP contribution in [0.3, 0.4) is 0 Å². The standard InChI is InChI=1S/C18H33NO/c1-3-19-17(16-12-8-4-5-9-13-16)18(20-2)14-10-6-7-11-15-18/h12,17,19H,3-11,13-15H2,1-2H3. The molecule has 1 N–H and O–H groups in total. The molecule has 0 heterocycles. The van der Waals surface area contributed by atoms with Crippen LogP contribution < -0.4 is 5.32 Å². The maximum atomic E-state index is 6.16. The Hall–Kier alpha value is -0.340. The van der Waals surface area contributed by atoms with E-state index in [1.807, 2.05) is 7.11 Å². The second-order valence-corrected chi connectivity index (χ2v) is 6.55. The molecule has 0 aromatic carbocycles. The molecule has 1 fully saturated rings. The number of hydrogen-bond donors (Lipinski definition) is 1. The summed E-state index contributed by atoms with van der Waals surface area (Å²) in [6.07, 6.45) is 17.0. The van der Waals surface area contributed by atoms with E-state index in [9.17, 15) is 0 Å². The molecule has 0 bridgehead atoms. The topological polar surface area (TPSA) is 21.3 Å². The lowest BCUT2D eigenvalue weighted by Gasteiger charge is -2.41. The highest BCUT2D eigenvalue weighted by atomic mass is 16.5. The molecule has 0 spiro atoms. The van der Waals surface area contributed by atoms with Crippen LogP contribution in [0.2, 0.25) is 0 Å². The van der Waals surface area contributed by atoms with Crippen molar-refractivity contribution in [2.75, 3.05) is 13.7 Å². The molecular formula is C18H33NO. The van der Waals surface area contributed by atoms with Gasteiger partial charge in [-0.25, -0.2) is 0 Å². The minimum Gasteiger partial charge on any atom is -0.376 e. The van der Waals surface area contributed by atoms with E-state index in [-0.39, 0.29) is 5.60 Å². The van der Waals surface area contributed by atoms with Gasteiger partial charge in [0.2, 0.25) is 0 Å². The summed E-state index contributed by atoms with van der Waals surface area (Å²) in [5.74, 6) is 0. The lowest BCUT2D eigenvalue weighted by atomic mass is 9.80. The van der Waals surface area contributed by atoms with Crippen molar-refractivity contribution in [3.05, 3.63) is 11.6 Å². The molecule has 2 rings (SSSR count). The average molecular weight is 279 g/mol. The van der Waals surface area contributed by atoms with E-state index < -0.39 is 0 Å². The lowest BCUT2D eigenvalue weighted by molar-refractivity contribution is -0.0438. The molecule has 2 aliphatic carbocycles. The summed E-state index contributed by atoms with van der Waals surface area (Å²) < 4.78 is 6.16. The summed E-state index contributed by atoms with van der Waals surface area (Å²) in [4.78, 5) is 0. The van der Waals surface area contributed by atoms with Crippen LogP contribution in [0.25, 0.3) is 0 Å². The minimum atomic E-state index is 0.0443. The SMILES string of the molecule is CCNC(C1=CCCCCC1)C1(OC)CCCCCC1. The van der Waals surface area contributed by atoms with Gasteiger partial charge in [0.15, 0.2) is 0 Å². The molecule has 116 valence electrons. The zero-order valence-corrected chi connectivity index (χ0v) is 13.5.